The maximum Gasteiger partial charge on any atom is 0.159 e. The third kappa shape index (κ3) is 11.1. The van der Waals surface area contributed by atoms with Gasteiger partial charge in [-0.2, -0.15) is 0 Å². The second-order valence-electron chi connectivity index (χ2n) is 9.06. The maximum atomic E-state index is 10.8. The molecule has 0 heterocycles. The van der Waals surface area contributed by atoms with E-state index in [-0.39, 0.29) is 5.78 Å². The van der Waals surface area contributed by atoms with Crippen LogP contribution in [0.3, 0.4) is 0 Å². The first-order valence-electron chi connectivity index (χ1n) is 12.4. The van der Waals surface area contributed by atoms with E-state index in [4.69, 9.17) is 4.99 Å². The van der Waals surface area contributed by atoms with E-state index in [1.165, 1.54) is 22.5 Å². The number of hydrogen-bond acceptors (Lipinski definition) is 2. The van der Waals surface area contributed by atoms with Crippen LogP contribution in [-0.2, 0) is 12.8 Å². The van der Waals surface area contributed by atoms with Gasteiger partial charge in [0.05, 0.1) is 0 Å². The number of carbonyl (C=O) groups is 1. The molecule has 0 spiro atoms. The van der Waals surface area contributed by atoms with Gasteiger partial charge < -0.3 is 4.90 Å². The predicted octanol–water partition coefficient (Wildman–Crippen LogP) is 7.68. The average Bonchev–Trinajstić information content (AvgIpc) is 2.79. The lowest BCUT2D eigenvalue weighted by molar-refractivity contribution is 0.101. The smallest absolute Gasteiger partial charge is 0.159 e. The summed E-state index contributed by atoms with van der Waals surface area (Å²) in [5, 5.41) is 0. The Morgan fingerprint density at radius 2 is 1.55 bits per heavy atom. The van der Waals surface area contributed by atoms with Crippen molar-refractivity contribution in [3.63, 3.8) is 0 Å². The van der Waals surface area contributed by atoms with Gasteiger partial charge in [0.15, 0.2) is 5.78 Å². The molecule has 3 nitrogen and oxygen atoms in total. The predicted molar refractivity (Wildman–Crippen MR) is 144 cm³/mol. The molecule has 0 fully saturated rings. The summed E-state index contributed by atoms with van der Waals surface area (Å²) in [7, 11) is 0. The molecule has 0 aliphatic heterocycles. The van der Waals surface area contributed by atoms with Gasteiger partial charge in [-0.15, -0.1) is 0 Å². The largest absolute Gasteiger partial charge is 0.360 e. The van der Waals surface area contributed by atoms with E-state index < -0.39 is 0 Å². The molecule has 0 radical (unpaired) electrons. The van der Waals surface area contributed by atoms with Crippen LogP contribution in [0.15, 0.2) is 65.8 Å². The highest BCUT2D eigenvalue weighted by Gasteiger charge is 2.11. The summed E-state index contributed by atoms with van der Waals surface area (Å²) in [6, 6.07) is 16.4. The van der Waals surface area contributed by atoms with E-state index >= 15 is 0 Å². The highest BCUT2D eigenvalue weighted by Crippen LogP contribution is 2.12. The van der Waals surface area contributed by atoms with Crippen molar-refractivity contribution in [3.8, 4) is 0 Å². The molecule has 0 saturated heterocycles. The second-order valence-corrected chi connectivity index (χ2v) is 9.06. The Kier molecular flexibility index (Phi) is 13.1. The molecule has 0 atom stereocenters. The maximum absolute atomic E-state index is 10.8. The third-order valence-corrected chi connectivity index (χ3v) is 5.34. The molecule has 0 saturated carbocycles. The molecule has 0 N–H and O–H groups in total. The molecule has 33 heavy (non-hydrogen) atoms. The second kappa shape index (κ2) is 15.2. The monoisotopic (exact) mass is 448 g/mol. The minimum Gasteiger partial charge on any atom is -0.360 e. The molecule has 2 aromatic carbocycles. The van der Waals surface area contributed by atoms with E-state index in [1.807, 2.05) is 24.3 Å². The summed E-state index contributed by atoms with van der Waals surface area (Å²) in [5.41, 5.74) is 5.58. The Labute approximate surface area is 202 Å². The average molecular weight is 449 g/mol. The Morgan fingerprint density at radius 3 is 2.00 bits per heavy atom. The number of aliphatic imine (C=N–C) groups is 1. The van der Waals surface area contributed by atoms with Gasteiger partial charge in [0.2, 0.25) is 0 Å². The van der Waals surface area contributed by atoms with Crippen molar-refractivity contribution in [2.75, 3.05) is 13.1 Å². The van der Waals surface area contributed by atoms with Gasteiger partial charge in [-0.1, -0.05) is 95.3 Å². The van der Waals surface area contributed by atoms with Crippen LogP contribution in [0.1, 0.15) is 81.4 Å². The van der Waals surface area contributed by atoms with Gasteiger partial charge in [0.25, 0.3) is 0 Å². The topological polar surface area (TPSA) is 32.7 Å². The lowest BCUT2D eigenvalue weighted by Crippen LogP contribution is -2.34. The first-order chi connectivity index (χ1) is 15.7. The van der Waals surface area contributed by atoms with Crippen LogP contribution in [0, 0.1) is 12.8 Å². The first kappa shape index (κ1) is 28.4. The summed E-state index contributed by atoms with van der Waals surface area (Å²) < 4.78 is 0. The number of hydrogen-bond donors (Lipinski definition) is 0. The Morgan fingerprint density at radius 1 is 0.970 bits per heavy atom. The zero-order valence-corrected chi connectivity index (χ0v) is 21.9. The Hall–Kier alpha value is -2.68. The van der Waals surface area contributed by atoms with Gasteiger partial charge in [-0.05, 0) is 43.7 Å². The van der Waals surface area contributed by atoms with Crippen molar-refractivity contribution in [1.82, 2.24) is 4.90 Å². The minimum absolute atomic E-state index is 0.132. The molecule has 180 valence electrons. The van der Waals surface area contributed by atoms with E-state index in [9.17, 15) is 4.79 Å². The van der Waals surface area contributed by atoms with Crippen molar-refractivity contribution >= 4 is 11.6 Å². The number of benzene rings is 2. The van der Waals surface area contributed by atoms with Gasteiger partial charge >= 0.3 is 0 Å². The zero-order chi connectivity index (χ0) is 24.8. The van der Waals surface area contributed by atoms with Crippen LogP contribution in [-0.4, -0.2) is 29.6 Å². The van der Waals surface area contributed by atoms with Crippen LogP contribution in [0.4, 0.5) is 0 Å². The number of carbonyl (C=O) groups excluding carboxylic acids is 1. The molecular formula is C30H44N2O. The molecule has 0 aliphatic carbocycles. The number of ketones is 1. The summed E-state index contributed by atoms with van der Waals surface area (Å²) in [4.78, 5) is 18.1. The van der Waals surface area contributed by atoms with Gasteiger partial charge in [0.1, 0.15) is 5.84 Å². The van der Waals surface area contributed by atoms with Crippen molar-refractivity contribution in [2.24, 2.45) is 10.9 Å². The molecule has 2 rings (SSSR count). The summed E-state index contributed by atoms with van der Waals surface area (Å²) in [5.74, 6) is 1.95. The quantitative estimate of drug-likeness (QED) is 0.212. The summed E-state index contributed by atoms with van der Waals surface area (Å²) in [6.45, 7) is 21.0. The number of aryl methyl sites for hydroxylation is 2. The molecular weight excluding hydrogens is 404 g/mol. The fourth-order valence-corrected chi connectivity index (χ4v) is 3.55. The minimum atomic E-state index is 0.132. The standard InChI is InChI=1S/C20H32N2.C10H12O/c1-7-13-22(15-16(3)4)20(8-2)21-18(6)14-19-11-9-17(5)10-12-19;1-3-9-4-6-10(7-5-9)8(2)11/h9-12,16H,6-8,13-15H2,1-5H3;4-7H,3H2,1-2H3. The zero-order valence-electron chi connectivity index (χ0n) is 21.9. The SMILES string of the molecule is C=C(Cc1ccc(C)cc1)N=C(CC)N(CCC)CC(C)C.CCc1ccc(C(C)=O)cc1. The van der Waals surface area contributed by atoms with E-state index in [0.29, 0.717) is 5.92 Å². The molecule has 0 unspecified atom stereocenters. The van der Waals surface area contributed by atoms with Crippen molar-refractivity contribution in [2.45, 2.75) is 74.1 Å². The molecule has 0 amide bonds. The van der Waals surface area contributed by atoms with Crippen LogP contribution >= 0.6 is 0 Å². The van der Waals surface area contributed by atoms with Crippen LogP contribution in [0.5, 0.6) is 0 Å². The number of amidine groups is 1. The van der Waals surface area contributed by atoms with E-state index in [0.717, 1.165) is 50.0 Å². The molecule has 0 aliphatic rings. The molecule has 3 heteroatoms. The summed E-state index contributed by atoms with van der Waals surface area (Å²) in [6.07, 6.45) is 3.96. The number of rotatable bonds is 10. The van der Waals surface area contributed by atoms with Gasteiger partial charge in [-0.3, -0.25) is 4.79 Å². The van der Waals surface area contributed by atoms with Gasteiger partial charge in [0, 0.05) is 37.2 Å². The third-order valence-electron chi connectivity index (χ3n) is 5.34. The number of nitrogens with zero attached hydrogens (tertiary/aromatic N) is 2. The van der Waals surface area contributed by atoms with E-state index in [2.05, 4.69) is 77.3 Å². The Bertz CT molecular complexity index is 877. The first-order valence-corrected chi connectivity index (χ1v) is 12.4. The highest BCUT2D eigenvalue weighted by molar-refractivity contribution is 5.94. The number of Topliss-reactive ketones (excluding diaryl/α,β-unsaturated/α-hetero) is 1. The fraction of sp³-hybridized carbons (Fsp3) is 0.467. The molecule has 0 bridgehead atoms. The van der Waals surface area contributed by atoms with E-state index in [1.54, 1.807) is 6.92 Å². The van der Waals surface area contributed by atoms with Crippen LogP contribution in [0.2, 0.25) is 0 Å². The lowest BCUT2D eigenvalue weighted by Gasteiger charge is -2.27. The normalized spacial score (nSPS) is 11.1. The van der Waals surface area contributed by atoms with Crippen LogP contribution in [0.25, 0.3) is 0 Å². The van der Waals surface area contributed by atoms with Gasteiger partial charge in [-0.25, -0.2) is 4.99 Å². The van der Waals surface area contributed by atoms with Crippen molar-refractivity contribution < 1.29 is 4.79 Å². The lowest BCUT2D eigenvalue weighted by atomic mass is 10.1. The number of allylic oxidation sites excluding steroid dienone is 1. The van der Waals surface area contributed by atoms with Crippen molar-refractivity contribution in [3.05, 3.63) is 83.1 Å². The Balaban J connectivity index is 0.000000412. The summed E-state index contributed by atoms with van der Waals surface area (Å²) >= 11 is 0. The fourth-order valence-electron chi connectivity index (χ4n) is 3.55. The van der Waals surface area contributed by atoms with Crippen molar-refractivity contribution in [1.29, 1.82) is 0 Å². The molecule has 0 aromatic heterocycles. The highest BCUT2D eigenvalue weighted by atomic mass is 16.1. The van der Waals surface area contributed by atoms with Crippen LogP contribution < -0.4 is 0 Å². The molecule has 2 aromatic rings.